The van der Waals surface area contributed by atoms with Crippen molar-refractivity contribution in [2.45, 2.75) is 462 Å². The number of unbranched alkanes of at least 4 members (excludes halogenated alkanes) is 2. The molecule has 0 radical (unpaired) electrons. The minimum atomic E-state index is 0.167. The SMILES string of the molecule is CCC(C)(C)[N]=[Mo].CCC(C)(C)[N]=[Mo].CCC(C)(C)[N]=[Mo].CCC(C)(C)[N]=[Mo].CCC(C)(C)[N]=[Mo].CCC(C)(C)[N]=[Mo].CCC(C)(C)[N]=[Mo].CCC(C)(C)[N]=[Mo].CCC(C)[N-]C.CCCC[N-]C.CCCC[N-]C.CCC[N-]C.CCC[N-]C.CCC[N-]C.CC[N-]C.CC[N-]C.CC[N-]C.C[N-]C.C[N-]C(C)(C)C.C[N-]C(C)C.C[N-]CC(C)C.C[N-]CC(C)C. The minimum Gasteiger partial charge on any atom is -0.668 e. The normalized spacial score (nSPS) is 10.2. The molecule has 0 aromatic carbocycles. The first kappa shape index (κ1) is 186. The second kappa shape index (κ2) is 155. The fourth-order valence-corrected chi connectivity index (χ4v) is 5.27. The van der Waals surface area contributed by atoms with Crippen molar-refractivity contribution < 1.29 is 157 Å². The van der Waals surface area contributed by atoms with E-state index >= 15 is 0 Å². The first-order valence-electron chi connectivity index (χ1n) is 47.0. The molecule has 0 aliphatic heterocycles. The monoisotopic (exact) mass is 2490 g/mol. The first-order chi connectivity index (χ1) is 58.4. The van der Waals surface area contributed by atoms with E-state index < -0.39 is 0 Å². The number of rotatable bonds is 38. The molecule has 0 spiro atoms. The van der Waals surface area contributed by atoms with Crippen LogP contribution in [-0.2, 0) is 157 Å². The molecule has 30 heteroatoms. The zero-order valence-corrected chi connectivity index (χ0v) is 112. The van der Waals surface area contributed by atoms with E-state index in [0.29, 0.717) is 12.1 Å². The molecular formula is C97H230Mo8N22-14. The third kappa shape index (κ3) is 317. The summed E-state index contributed by atoms with van der Waals surface area (Å²) < 4.78 is 33.2. The maximum atomic E-state index is 4.15. The predicted octanol–water partition coefficient (Wildman–Crippen LogP) is 34.9. The third-order valence-corrected chi connectivity index (χ3v) is 25.7. The fourth-order valence-electron chi connectivity index (χ4n) is 2.73. The van der Waals surface area contributed by atoms with Crippen molar-refractivity contribution >= 4 is 0 Å². The second-order valence-corrected chi connectivity index (χ2v) is 38.9. The second-order valence-electron chi connectivity index (χ2n) is 35.4. The van der Waals surface area contributed by atoms with E-state index in [9.17, 15) is 0 Å². The zero-order chi connectivity index (χ0) is 107. The van der Waals surface area contributed by atoms with Crippen LogP contribution in [0.5, 0.6) is 0 Å². The molecule has 1 atom stereocenters. The zero-order valence-electron chi connectivity index (χ0n) is 96.3. The Labute approximate surface area is 895 Å². The average molecular weight is 2470 g/mol. The van der Waals surface area contributed by atoms with Crippen LogP contribution < -0.4 is 0 Å². The summed E-state index contributed by atoms with van der Waals surface area (Å²) in [6.45, 7) is 101. The molecule has 127 heavy (non-hydrogen) atoms. The van der Waals surface area contributed by atoms with E-state index in [1.54, 1.807) is 192 Å². The standard InChI is InChI=1S/4C5H12N.8C5H11N.2C5H12N.4C4H10N.3C3H8N.C2H6N.8Mo/c2*1-5(2)4-6-3;1-5(2,3)6-4;1-4-5(2)6-3;8*1-4-5(2,3)6;2*1-3-4-5-6-2;1-4(2)5-3;3*1-3-4-5-2;3*1-3-4-2;1-3-2;;;;;;;;/h2*5H,4H2,1-3H3;1-4H3;5H,4H2,1-3H3;8*4H2,1-3H3;2*3-5H2,1-2H3;4H,1-3H3;3*3-4H2,1-2H3;3*3H2,1-2H3;1-2H3;;;;;;;;/q4*-1;;;;;;;;;10*-1;;;;;;;;. The molecule has 0 bridgehead atoms. The third-order valence-electron chi connectivity index (χ3n) is 16.0. The van der Waals surface area contributed by atoms with E-state index in [0.717, 1.165) is 135 Å². The Balaban J connectivity index is -0.0000000456. The van der Waals surface area contributed by atoms with E-state index in [-0.39, 0.29) is 49.9 Å². The minimum absolute atomic E-state index is 0.167. The van der Waals surface area contributed by atoms with Crippen LogP contribution in [0.1, 0.15) is 400 Å². The number of nitrogens with zero attached hydrogens (tertiary/aromatic N) is 22. The molecule has 0 N–H and O–H groups in total. The molecule has 0 fully saturated rings. The van der Waals surface area contributed by atoms with Gasteiger partial charge in [-0.1, -0.05) is 195 Å². The van der Waals surface area contributed by atoms with Gasteiger partial charge in [0.2, 0.25) is 0 Å². The molecule has 22 nitrogen and oxygen atoms in total. The van der Waals surface area contributed by atoms with Crippen LogP contribution in [-0.4, -0.2) is 233 Å². The van der Waals surface area contributed by atoms with Crippen molar-refractivity contribution in [1.82, 2.24) is 0 Å². The van der Waals surface area contributed by atoms with Crippen LogP contribution >= 0.6 is 0 Å². The van der Waals surface area contributed by atoms with Crippen molar-refractivity contribution in [2.75, 3.05) is 171 Å². The number of hydrogen-bond donors (Lipinski definition) is 0. The van der Waals surface area contributed by atoms with Gasteiger partial charge in [0.15, 0.2) is 0 Å². The Morgan fingerprint density at radius 1 is 0.228 bits per heavy atom. The summed E-state index contributed by atoms with van der Waals surface area (Å²) in [6, 6.07) is 1.07. The molecule has 0 saturated heterocycles. The van der Waals surface area contributed by atoms with Crippen molar-refractivity contribution in [3.05, 3.63) is 74.4 Å². The van der Waals surface area contributed by atoms with Gasteiger partial charge in [0.1, 0.15) is 0 Å². The van der Waals surface area contributed by atoms with Gasteiger partial charge in [-0.05, 0) is 0 Å². The van der Waals surface area contributed by atoms with Crippen LogP contribution in [0.4, 0.5) is 0 Å². The summed E-state index contributed by atoms with van der Waals surface area (Å²) in [7, 11) is 27.3. The Kier molecular flexibility index (Phi) is 226. The van der Waals surface area contributed by atoms with E-state index in [1.807, 2.05) is 91.2 Å². The van der Waals surface area contributed by atoms with Crippen LogP contribution in [0.2, 0.25) is 0 Å². The van der Waals surface area contributed by atoms with E-state index in [4.69, 9.17) is 0 Å². The van der Waals surface area contributed by atoms with Gasteiger partial charge in [-0.3, -0.25) is 0 Å². The van der Waals surface area contributed by atoms with Gasteiger partial charge in [-0.2, -0.15) is 125 Å². The molecule has 0 aliphatic rings. The van der Waals surface area contributed by atoms with Gasteiger partial charge in [0, 0.05) is 0 Å². The Morgan fingerprint density at radius 3 is 0.378 bits per heavy atom. The van der Waals surface area contributed by atoms with E-state index in [1.165, 1.54) is 44.9 Å². The molecule has 0 saturated carbocycles. The van der Waals surface area contributed by atoms with Crippen molar-refractivity contribution in [2.24, 2.45) is 39.8 Å². The largest absolute Gasteiger partial charge is 0.668 e. The molecular weight excluding hydrogens is 2240 g/mol. The molecule has 0 amide bonds. The molecule has 790 valence electrons. The van der Waals surface area contributed by atoms with Gasteiger partial charge in [-0.15, -0.1) is 63.4 Å². The Hall–Kier alpha value is 3.35. The van der Waals surface area contributed by atoms with Gasteiger partial charge >= 0.3 is 447 Å². The molecule has 0 aromatic heterocycles. The summed E-state index contributed by atoms with van der Waals surface area (Å²) >= 11 is 14.4. The summed E-state index contributed by atoms with van der Waals surface area (Å²) in [6.07, 6.45) is 18.8. The van der Waals surface area contributed by atoms with Gasteiger partial charge in [0.25, 0.3) is 0 Å². The summed E-state index contributed by atoms with van der Waals surface area (Å²) in [5.74, 6) is 1.46. The van der Waals surface area contributed by atoms with Crippen molar-refractivity contribution in [1.29, 1.82) is 0 Å². The molecule has 0 aromatic rings. The van der Waals surface area contributed by atoms with Crippen molar-refractivity contribution in [3.63, 3.8) is 0 Å². The van der Waals surface area contributed by atoms with E-state index in [2.05, 4.69) is 379 Å². The maximum absolute atomic E-state index is 4.15. The van der Waals surface area contributed by atoms with Crippen LogP contribution in [0.3, 0.4) is 0 Å². The molecule has 0 aliphatic carbocycles. The van der Waals surface area contributed by atoms with Crippen LogP contribution in [0, 0.1) is 11.8 Å². The smallest absolute Gasteiger partial charge is 0.0578 e. The Bertz CT molecular complexity index is 1580. The maximum Gasteiger partial charge on any atom is -0.0578 e. The molecule has 0 rings (SSSR count). The first-order valence-corrected chi connectivity index (χ1v) is 54.2. The van der Waals surface area contributed by atoms with Crippen LogP contribution in [0.25, 0.3) is 74.4 Å². The number of hydrogen-bond acceptors (Lipinski definition) is 8. The average Bonchev–Trinajstić information content (AvgIpc) is 1.03. The van der Waals surface area contributed by atoms with Gasteiger partial charge in [-0.25, -0.2) is 0 Å². The fraction of sp³-hybridized carbons (Fsp3) is 1.00. The summed E-state index contributed by atoms with van der Waals surface area (Å²) in [5.41, 5.74) is 1.87. The topological polar surface area (TPSA) is 296 Å². The summed E-state index contributed by atoms with van der Waals surface area (Å²) in [4.78, 5) is 0. The van der Waals surface area contributed by atoms with Crippen molar-refractivity contribution in [3.8, 4) is 0 Å². The molecule has 1 unspecified atom stereocenters. The predicted molar refractivity (Wildman–Crippen MR) is 561 cm³/mol. The van der Waals surface area contributed by atoms with Gasteiger partial charge in [0.05, 0.1) is 0 Å². The summed E-state index contributed by atoms with van der Waals surface area (Å²) in [5, 5.41) is 53.9. The van der Waals surface area contributed by atoms with Crippen LogP contribution in [0.15, 0.2) is 28.0 Å². The Morgan fingerprint density at radius 2 is 0.370 bits per heavy atom. The quantitative estimate of drug-likeness (QED) is 0.0411. The van der Waals surface area contributed by atoms with Gasteiger partial charge < -0.3 is 74.4 Å². The molecule has 0 heterocycles.